The standard InChI is InChI=1S/C25H28F4N4O4/c1-15-16(2)22(34)31-30-21(15)14-17-5-6-20(26)19(13-17)23(35)32-9-7-18(8-10-32)33(11-3-4-12-33)37-24(36)25(27,28)29/h5-6,13,18H,3-4,7-12,14H2,1-2H3/p+1. The molecule has 3 heterocycles. The fraction of sp³-hybridized carbons (Fsp3) is 0.520. The van der Waals surface area contributed by atoms with Crippen molar-refractivity contribution >= 4 is 11.9 Å². The fourth-order valence-electron chi connectivity index (χ4n) is 5.21. The van der Waals surface area contributed by atoms with E-state index in [1.165, 1.54) is 17.0 Å². The number of aromatic nitrogens is 2. The number of hydrogen-bond acceptors (Lipinski definition) is 5. The Morgan fingerprint density at radius 1 is 1.14 bits per heavy atom. The van der Waals surface area contributed by atoms with Gasteiger partial charge in [-0.3, -0.25) is 14.4 Å². The van der Waals surface area contributed by atoms with Crippen LogP contribution in [0.4, 0.5) is 17.6 Å². The Hall–Kier alpha value is -3.28. The summed E-state index contributed by atoms with van der Waals surface area (Å²) in [7, 11) is 0. The first-order valence-electron chi connectivity index (χ1n) is 12.2. The highest BCUT2D eigenvalue weighted by atomic mass is 19.4. The molecule has 0 radical (unpaired) electrons. The van der Waals surface area contributed by atoms with Gasteiger partial charge in [-0.15, -0.1) is 4.65 Å². The van der Waals surface area contributed by atoms with Gasteiger partial charge in [-0.1, -0.05) is 6.07 Å². The summed E-state index contributed by atoms with van der Waals surface area (Å²) in [6.45, 7) is 4.46. The van der Waals surface area contributed by atoms with Crippen LogP contribution in [-0.2, 0) is 16.1 Å². The van der Waals surface area contributed by atoms with E-state index in [2.05, 4.69) is 10.2 Å². The lowest BCUT2D eigenvalue weighted by Gasteiger charge is -2.41. The molecular formula is C25H29F4N4O4+. The zero-order chi connectivity index (χ0) is 27.0. The molecule has 12 heteroatoms. The average molecular weight is 526 g/mol. The molecular weight excluding hydrogens is 496 g/mol. The van der Waals surface area contributed by atoms with Crippen LogP contribution in [0.2, 0.25) is 0 Å². The minimum Gasteiger partial charge on any atom is -0.338 e. The molecule has 0 aliphatic carbocycles. The van der Waals surface area contributed by atoms with Gasteiger partial charge in [-0.05, 0) is 37.1 Å². The van der Waals surface area contributed by atoms with Crippen LogP contribution < -0.4 is 5.56 Å². The van der Waals surface area contributed by atoms with Crippen molar-refractivity contribution in [3.63, 3.8) is 0 Å². The number of hydrogen-bond donors (Lipinski definition) is 1. The maximum atomic E-state index is 14.7. The van der Waals surface area contributed by atoms with E-state index in [1.807, 2.05) is 0 Å². The third kappa shape index (κ3) is 5.53. The molecule has 2 saturated heterocycles. The molecule has 2 aliphatic heterocycles. The largest absolute Gasteiger partial charge is 0.497 e. The van der Waals surface area contributed by atoms with Gasteiger partial charge in [0.15, 0.2) is 0 Å². The van der Waals surface area contributed by atoms with Crippen molar-refractivity contribution in [1.82, 2.24) is 15.1 Å². The van der Waals surface area contributed by atoms with E-state index in [0.29, 0.717) is 61.2 Å². The van der Waals surface area contributed by atoms with E-state index in [0.717, 1.165) is 0 Å². The van der Waals surface area contributed by atoms with Crippen molar-refractivity contribution in [2.75, 3.05) is 26.2 Å². The average Bonchev–Trinajstić information content (AvgIpc) is 3.34. The maximum Gasteiger partial charge on any atom is 0.497 e. The zero-order valence-electron chi connectivity index (χ0n) is 20.7. The number of nitrogens with zero attached hydrogens (tertiary/aromatic N) is 3. The lowest BCUT2D eigenvalue weighted by molar-refractivity contribution is -1.10. The minimum atomic E-state index is -5.07. The van der Waals surface area contributed by atoms with Crippen LogP contribution in [-0.4, -0.2) is 70.0 Å². The van der Waals surface area contributed by atoms with Crippen LogP contribution in [0.3, 0.4) is 0 Å². The highest BCUT2D eigenvalue weighted by molar-refractivity contribution is 5.94. The lowest BCUT2D eigenvalue weighted by atomic mass is 9.99. The fourth-order valence-corrected chi connectivity index (χ4v) is 5.21. The highest BCUT2D eigenvalue weighted by Gasteiger charge is 2.52. The molecule has 8 nitrogen and oxygen atoms in total. The van der Waals surface area contributed by atoms with E-state index < -0.39 is 23.9 Å². The molecule has 1 N–H and O–H groups in total. The third-order valence-corrected chi connectivity index (χ3v) is 7.50. The summed E-state index contributed by atoms with van der Waals surface area (Å²) >= 11 is 0. The van der Waals surface area contributed by atoms with Crippen LogP contribution in [0.1, 0.15) is 58.4 Å². The van der Waals surface area contributed by atoms with Gasteiger partial charge in [0, 0.05) is 50.8 Å². The van der Waals surface area contributed by atoms with Crippen LogP contribution in [0.5, 0.6) is 0 Å². The number of amides is 1. The molecule has 200 valence electrons. The van der Waals surface area contributed by atoms with E-state index in [9.17, 15) is 31.9 Å². The molecule has 0 spiro atoms. The van der Waals surface area contributed by atoms with Crippen LogP contribution in [0.25, 0.3) is 0 Å². The van der Waals surface area contributed by atoms with Gasteiger partial charge in [0.25, 0.3) is 11.5 Å². The minimum absolute atomic E-state index is 0.108. The number of carbonyl (C=O) groups is 2. The summed E-state index contributed by atoms with van der Waals surface area (Å²) in [5.41, 5.74) is 2.10. The summed E-state index contributed by atoms with van der Waals surface area (Å²) in [6, 6.07) is 3.86. The van der Waals surface area contributed by atoms with E-state index >= 15 is 0 Å². The smallest absolute Gasteiger partial charge is 0.338 e. The molecule has 37 heavy (non-hydrogen) atoms. The number of nitrogens with one attached hydrogen (secondary N) is 1. The first-order valence-corrected chi connectivity index (χ1v) is 12.2. The number of benzene rings is 1. The summed E-state index contributed by atoms with van der Waals surface area (Å²) in [4.78, 5) is 43.0. The topological polar surface area (TPSA) is 92.4 Å². The van der Waals surface area contributed by atoms with Gasteiger partial charge in [0.1, 0.15) is 24.9 Å². The summed E-state index contributed by atoms with van der Waals surface area (Å²) in [5, 5.41) is 6.50. The summed E-state index contributed by atoms with van der Waals surface area (Å²) in [5.74, 6) is -3.39. The SMILES string of the molecule is Cc1c(Cc2ccc(F)c(C(=O)N3CCC([N+]4(OC(=O)C(F)(F)F)CCCC4)CC3)c2)n[nH]c(=O)c1C. The van der Waals surface area contributed by atoms with Gasteiger partial charge < -0.3 is 4.90 Å². The second kappa shape index (κ2) is 10.2. The number of carbonyl (C=O) groups excluding carboxylic acids is 2. The van der Waals surface area contributed by atoms with Gasteiger partial charge in [0.05, 0.1) is 11.3 Å². The first-order chi connectivity index (χ1) is 17.4. The second-order valence-electron chi connectivity index (χ2n) is 9.75. The van der Waals surface area contributed by atoms with E-state index in [1.54, 1.807) is 19.9 Å². The molecule has 2 aromatic rings. The molecule has 1 aromatic carbocycles. The summed E-state index contributed by atoms with van der Waals surface area (Å²) < 4.78 is 52.9. The summed E-state index contributed by atoms with van der Waals surface area (Å²) in [6.07, 6.45) is -2.83. The first kappa shape index (κ1) is 26.8. The van der Waals surface area contributed by atoms with Crippen molar-refractivity contribution in [2.24, 2.45) is 0 Å². The van der Waals surface area contributed by atoms with Crippen LogP contribution in [0.15, 0.2) is 23.0 Å². The molecule has 4 rings (SSSR count). The molecule has 2 fully saturated rings. The van der Waals surface area contributed by atoms with Gasteiger partial charge in [-0.2, -0.15) is 18.3 Å². The third-order valence-electron chi connectivity index (χ3n) is 7.50. The second-order valence-corrected chi connectivity index (χ2v) is 9.75. The molecule has 0 bridgehead atoms. The molecule has 1 aromatic heterocycles. The van der Waals surface area contributed by atoms with Crippen LogP contribution >= 0.6 is 0 Å². The number of quaternary nitrogens is 1. The Labute approximate surface area is 210 Å². The number of aromatic amines is 1. The zero-order valence-corrected chi connectivity index (χ0v) is 20.7. The quantitative estimate of drug-likeness (QED) is 0.478. The monoisotopic (exact) mass is 525 g/mol. The van der Waals surface area contributed by atoms with Crippen LogP contribution in [0, 0.1) is 19.7 Å². The molecule has 1 amide bonds. The Morgan fingerprint density at radius 3 is 2.41 bits per heavy atom. The molecule has 0 atom stereocenters. The van der Waals surface area contributed by atoms with Crippen molar-refractivity contribution < 1.29 is 36.6 Å². The van der Waals surface area contributed by atoms with E-state index in [-0.39, 0.29) is 41.3 Å². The van der Waals surface area contributed by atoms with Crippen molar-refractivity contribution in [3.05, 3.63) is 62.3 Å². The Bertz CT molecular complexity index is 1250. The van der Waals surface area contributed by atoms with Gasteiger partial charge >= 0.3 is 12.1 Å². The predicted octanol–water partition coefficient (Wildman–Crippen LogP) is 3.35. The van der Waals surface area contributed by atoms with Crippen molar-refractivity contribution in [2.45, 2.75) is 58.2 Å². The molecule has 2 aliphatic rings. The molecule has 0 unspecified atom stereocenters. The lowest BCUT2D eigenvalue weighted by Crippen LogP contribution is -2.59. The maximum absolute atomic E-state index is 14.7. The molecule has 0 saturated carbocycles. The van der Waals surface area contributed by atoms with E-state index in [4.69, 9.17) is 4.84 Å². The number of H-pyrrole nitrogens is 1. The highest BCUT2D eigenvalue weighted by Crippen LogP contribution is 2.33. The number of piperidine rings is 1. The number of hydroxylamine groups is 3. The van der Waals surface area contributed by atoms with Gasteiger partial charge in [0.2, 0.25) is 0 Å². The predicted molar refractivity (Wildman–Crippen MR) is 124 cm³/mol. The van der Waals surface area contributed by atoms with Crippen molar-refractivity contribution in [3.8, 4) is 0 Å². The number of alkyl halides is 3. The Balaban J connectivity index is 1.46. The number of likely N-dealkylation sites (tertiary alicyclic amines) is 2. The number of rotatable bonds is 5. The Morgan fingerprint density at radius 2 is 1.78 bits per heavy atom. The van der Waals surface area contributed by atoms with Crippen molar-refractivity contribution in [1.29, 1.82) is 0 Å². The Kier molecular flexibility index (Phi) is 7.40. The normalized spacial score (nSPS) is 18.2. The number of halogens is 4. The van der Waals surface area contributed by atoms with Gasteiger partial charge in [-0.25, -0.2) is 14.3 Å².